The highest BCUT2D eigenvalue weighted by molar-refractivity contribution is 6.30. The van der Waals surface area contributed by atoms with Gasteiger partial charge in [-0.15, -0.1) is 0 Å². The van der Waals surface area contributed by atoms with Crippen molar-refractivity contribution in [1.29, 1.82) is 0 Å². The maximum Gasteiger partial charge on any atom is 0.188 e. The van der Waals surface area contributed by atoms with E-state index in [2.05, 4.69) is 22.4 Å². The molecule has 2 heterocycles. The monoisotopic (exact) mass is 264 g/mol. The van der Waals surface area contributed by atoms with Crippen LogP contribution < -0.4 is 5.32 Å². The van der Waals surface area contributed by atoms with E-state index >= 15 is 0 Å². The fraction of sp³-hybridized carbons (Fsp3) is 0.500. The van der Waals surface area contributed by atoms with Crippen LogP contribution in [0.3, 0.4) is 0 Å². The predicted molar refractivity (Wildman–Crippen MR) is 73.3 cm³/mol. The molecule has 0 bridgehead atoms. The van der Waals surface area contributed by atoms with Crippen LogP contribution >= 0.6 is 11.6 Å². The van der Waals surface area contributed by atoms with Crippen molar-refractivity contribution >= 4 is 17.5 Å². The van der Waals surface area contributed by atoms with Crippen LogP contribution in [0.4, 0.5) is 0 Å². The first kappa shape index (κ1) is 12.0. The number of aliphatic imine (C=N–C) groups is 1. The van der Waals surface area contributed by atoms with Crippen LogP contribution in [0.15, 0.2) is 29.3 Å². The molecule has 18 heavy (non-hydrogen) atoms. The Bertz CT molecular complexity index is 438. The lowest BCUT2D eigenvalue weighted by molar-refractivity contribution is 0.212. The molecular weight excluding hydrogens is 248 g/mol. The van der Waals surface area contributed by atoms with Crippen molar-refractivity contribution in [3.05, 3.63) is 34.9 Å². The smallest absolute Gasteiger partial charge is 0.188 e. The van der Waals surface area contributed by atoms with E-state index < -0.39 is 0 Å². The Kier molecular flexibility index (Phi) is 3.52. The van der Waals surface area contributed by atoms with Gasteiger partial charge in [0.2, 0.25) is 0 Å². The van der Waals surface area contributed by atoms with Crippen molar-refractivity contribution in [2.45, 2.75) is 18.9 Å². The molecule has 0 saturated carbocycles. The summed E-state index contributed by atoms with van der Waals surface area (Å²) in [6.07, 6.45) is 2.25. The van der Waals surface area contributed by atoms with E-state index in [9.17, 15) is 0 Å². The molecule has 2 unspecified atom stereocenters. The van der Waals surface area contributed by atoms with E-state index in [4.69, 9.17) is 16.3 Å². The molecule has 0 aromatic heterocycles. The molecule has 1 fully saturated rings. The largest absolute Gasteiger partial charge is 0.475 e. The molecule has 1 aromatic rings. The Morgan fingerprint density at radius 3 is 2.89 bits per heavy atom. The van der Waals surface area contributed by atoms with Crippen molar-refractivity contribution in [1.82, 2.24) is 5.32 Å². The summed E-state index contributed by atoms with van der Waals surface area (Å²) in [5, 5.41) is 4.12. The highest BCUT2D eigenvalue weighted by Crippen LogP contribution is 2.20. The summed E-state index contributed by atoms with van der Waals surface area (Å²) in [6, 6.07) is 7.96. The third-order valence-corrected chi connectivity index (χ3v) is 3.78. The molecule has 3 rings (SSSR count). The van der Waals surface area contributed by atoms with Crippen molar-refractivity contribution < 1.29 is 4.74 Å². The van der Waals surface area contributed by atoms with Crippen molar-refractivity contribution in [3.8, 4) is 0 Å². The van der Waals surface area contributed by atoms with Gasteiger partial charge < -0.3 is 10.1 Å². The van der Waals surface area contributed by atoms with Crippen LogP contribution in [0.5, 0.6) is 0 Å². The first-order chi connectivity index (χ1) is 8.81. The molecule has 96 valence electrons. The SMILES string of the molecule is Clc1ccc(CC2CN=C(C3CCNC3)O2)cc1. The summed E-state index contributed by atoms with van der Waals surface area (Å²) in [5.41, 5.74) is 1.25. The van der Waals surface area contributed by atoms with Gasteiger partial charge in [0.05, 0.1) is 6.54 Å². The zero-order chi connectivity index (χ0) is 12.4. The summed E-state index contributed by atoms with van der Waals surface area (Å²) in [5.74, 6) is 1.44. The van der Waals surface area contributed by atoms with Gasteiger partial charge >= 0.3 is 0 Å². The average Bonchev–Trinajstić information content (AvgIpc) is 3.02. The number of rotatable bonds is 3. The van der Waals surface area contributed by atoms with Crippen LogP contribution in [-0.2, 0) is 11.2 Å². The Morgan fingerprint density at radius 1 is 1.33 bits per heavy atom. The molecule has 2 aliphatic heterocycles. The Hall–Kier alpha value is -1.06. The summed E-state index contributed by atoms with van der Waals surface area (Å²) in [6.45, 7) is 2.87. The number of halogens is 1. The Balaban J connectivity index is 1.55. The molecular formula is C14H17ClN2O. The lowest BCUT2D eigenvalue weighted by atomic mass is 10.1. The molecule has 1 aromatic carbocycles. The topological polar surface area (TPSA) is 33.6 Å². The molecule has 4 heteroatoms. The molecule has 1 N–H and O–H groups in total. The number of ether oxygens (including phenoxy) is 1. The quantitative estimate of drug-likeness (QED) is 0.909. The Morgan fingerprint density at radius 2 is 2.17 bits per heavy atom. The third kappa shape index (κ3) is 2.68. The maximum absolute atomic E-state index is 5.96. The van der Waals surface area contributed by atoms with Gasteiger partial charge in [0, 0.05) is 23.9 Å². The molecule has 0 aliphatic carbocycles. The zero-order valence-corrected chi connectivity index (χ0v) is 11.0. The van der Waals surface area contributed by atoms with Gasteiger partial charge in [0.25, 0.3) is 0 Å². The summed E-state index contributed by atoms with van der Waals surface area (Å²) >= 11 is 5.88. The van der Waals surface area contributed by atoms with Crippen LogP contribution in [-0.4, -0.2) is 31.6 Å². The molecule has 0 spiro atoms. The molecule has 0 radical (unpaired) electrons. The second kappa shape index (κ2) is 5.29. The van der Waals surface area contributed by atoms with Crippen LogP contribution in [0, 0.1) is 5.92 Å². The molecule has 3 nitrogen and oxygen atoms in total. The third-order valence-electron chi connectivity index (χ3n) is 3.52. The van der Waals surface area contributed by atoms with E-state index in [1.54, 1.807) is 0 Å². The number of hydrogen-bond acceptors (Lipinski definition) is 3. The van der Waals surface area contributed by atoms with E-state index in [1.165, 1.54) is 5.56 Å². The fourth-order valence-corrected chi connectivity index (χ4v) is 2.64. The Labute approximate surface area is 112 Å². The predicted octanol–water partition coefficient (Wildman–Crippen LogP) is 2.29. The minimum absolute atomic E-state index is 0.196. The second-order valence-corrected chi connectivity index (χ2v) is 5.38. The van der Waals surface area contributed by atoms with E-state index in [-0.39, 0.29) is 6.10 Å². The zero-order valence-electron chi connectivity index (χ0n) is 10.2. The maximum atomic E-state index is 5.96. The van der Waals surface area contributed by atoms with Gasteiger partial charge in [-0.3, -0.25) is 4.99 Å². The standard InChI is InChI=1S/C14H17ClN2O/c15-12-3-1-10(2-4-12)7-13-9-17-14(18-13)11-5-6-16-8-11/h1-4,11,13,16H,5-9H2. The van der Waals surface area contributed by atoms with Crippen molar-refractivity contribution in [2.24, 2.45) is 10.9 Å². The van der Waals surface area contributed by atoms with Gasteiger partial charge in [0.15, 0.2) is 5.90 Å². The summed E-state index contributed by atoms with van der Waals surface area (Å²) < 4.78 is 5.96. The highest BCUT2D eigenvalue weighted by Gasteiger charge is 2.28. The van der Waals surface area contributed by atoms with Gasteiger partial charge in [-0.1, -0.05) is 23.7 Å². The van der Waals surface area contributed by atoms with Gasteiger partial charge in [-0.25, -0.2) is 0 Å². The number of hydrogen-bond donors (Lipinski definition) is 1. The van der Waals surface area contributed by atoms with Crippen LogP contribution in [0.25, 0.3) is 0 Å². The van der Waals surface area contributed by atoms with Crippen LogP contribution in [0.2, 0.25) is 5.02 Å². The van der Waals surface area contributed by atoms with Gasteiger partial charge in [-0.05, 0) is 30.7 Å². The van der Waals surface area contributed by atoms with Crippen molar-refractivity contribution in [3.63, 3.8) is 0 Å². The van der Waals surface area contributed by atoms with E-state index in [0.29, 0.717) is 5.92 Å². The number of nitrogens with zero attached hydrogens (tertiary/aromatic N) is 1. The van der Waals surface area contributed by atoms with E-state index in [1.807, 2.05) is 12.1 Å². The number of nitrogens with one attached hydrogen (secondary N) is 1. The fourth-order valence-electron chi connectivity index (χ4n) is 2.52. The summed E-state index contributed by atoms with van der Waals surface area (Å²) in [4.78, 5) is 4.54. The first-order valence-electron chi connectivity index (χ1n) is 6.47. The minimum atomic E-state index is 0.196. The van der Waals surface area contributed by atoms with E-state index in [0.717, 1.165) is 43.4 Å². The molecule has 2 aliphatic rings. The lowest BCUT2D eigenvalue weighted by Gasteiger charge is -2.14. The highest BCUT2D eigenvalue weighted by atomic mass is 35.5. The molecule has 2 atom stereocenters. The average molecular weight is 265 g/mol. The first-order valence-corrected chi connectivity index (χ1v) is 6.85. The van der Waals surface area contributed by atoms with Gasteiger partial charge in [-0.2, -0.15) is 0 Å². The minimum Gasteiger partial charge on any atom is -0.475 e. The van der Waals surface area contributed by atoms with Crippen molar-refractivity contribution in [2.75, 3.05) is 19.6 Å². The van der Waals surface area contributed by atoms with Crippen LogP contribution in [0.1, 0.15) is 12.0 Å². The second-order valence-electron chi connectivity index (χ2n) is 4.94. The molecule has 1 saturated heterocycles. The lowest BCUT2D eigenvalue weighted by Crippen LogP contribution is -2.22. The summed E-state index contributed by atoms with van der Waals surface area (Å²) in [7, 11) is 0. The molecule has 0 amide bonds. The van der Waals surface area contributed by atoms with Gasteiger partial charge in [0.1, 0.15) is 6.10 Å². The normalized spacial score (nSPS) is 27.1. The number of benzene rings is 1.